The molecule has 0 saturated heterocycles. The Morgan fingerprint density at radius 3 is 2.76 bits per heavy atom. The van der Waals surface area contributed by atoms with E-state index in [1.165, 1.54) is 12.3 Å². The van der Waals surface area contributed by atoms with E-state index in [-0.39, 0.29) is 5.82 Å². The minimum absolute atomic E-state index is 0.142. The van der Waals surface area contributed by atoms with Gasteiger partial charge in [0.2, 0.25) is 0 Å². The van der Waals surface area contributed by atoms with E-state index in [9.17, 15) is 13.2 Å². The molecule has 2 aromatic rings. The molecule has 8 heteroatoms. The van der Waals surface area contributed by atoms with Gasteiger partial charge in [0.1, 0.15) is 5.82 Å². The van der Waals surface area contributed by atoms with Crippen LogP contribution in [0.3, 0.4) is 0 Å². The molecule has 0 atom stereocenters. The van der Waals surface area contributed by atoms with Gasteiger partial charge in [-0.2, -0.15) is 13.2 Å². The van der Waals surface area contributed by atoms with Crippen molar-refractivity contribution in [3.8, 4) is 0 Å². The van der Waals surface area contributed by atoms with Gasteiger partial charge in [-0.15, -0.1) is 11.3 Å². The van der Waals surface area contributed by atoms with Crippen molar-refractivity contribution in [3.63, 3.8) is 0 Å². The molecule has 0 aliphatic carbocycles. The van der Waals surface area contributed by atoms with E-state index in [0.29, 0.717) is 19.6 Å². The summed E-state index contributed by atoms with van der Waals surface area (Å²) in [4.78, 5) is 8.02. The number of nitrogens with zero attached hydrogens (tertiary/aromatic N) is 2. The zero-order chi connectivity index (χ0) is 15.3. The van der Waals surface area contributed by atoms with Gasteiger partial charge in [0, 0.05) is 31.2 Å². The van der Waals surface area contributed by atoms with Gasteiger partial charge in [-0.1, -0.05) is 0 Å². The second-order valence-corrected chi connectivity index (χ2v) is 5.42. The van der Waals surface area contributed by atoms with Crippen LogP contribution in [-0.4, -0.2) is 23.1 Å². The van der Waals surface area contributed by atoms with Crippen LogP contribution in [0.15, 0.2) is 23.7 Å². The SMILES string of the molecule is Cc1nc(CNCCNc2ncccc2C(F)(F)F)cs1. The largest absolute Gasteiger partial charge is 0.419 e. The van der Waals surface area contributed by atoms with Crippen molar-refractivity contribution in [3.05, 3.63) is 40.0 Å². The van der Waals surface area contributed by atoms with Crippen LogP contribution in [-0.2, 0) is 12.7 Å². The molecular formula is C13H15F3N4S. The summed E-state index contributed by atoms with van der Waals surface area (Å²) in [7, 11) is 0. The Labute approximate surface area is 124 Å². The summed E-state index contributed by atoms with van der Waals surface area (Å²) >= 11 is 1.57. The number of aryl methyl sites for hydroxylation is 1. The van der Waals surface area contributed by atoms with Crippen LogP contribution < -0.4 is 10.6 Å². The molecule has 0 aliphatic heterocycles. The number of alkyl halides is 3. The van der Waals surface area contributed by atoms with Crippen molar-refractivity contribution in [2.45, 2.75) is 19.6 Å². The van der Waals surface area contributed by atoms with Crippen molar-refractivity contribution < 1.29 is 13.2 Å². The molecule has 114 valence electrons. The third-order valence-corrected chi connectivity index (χ3v) is 3.50. The smallest absolute Gasteiger partial charge is 0.368 e. The van der Waals surface area contributed by atoms with Crippen LogP contribution in [0, 0.1) is 6.92 Å². The maximum absolute atomic E-state index is 12.7. The summed E-state index contributed by atoms with van der Waals surface area (Å²) in [6, 6.07) is 2.29. The lowest BCUT2D eigenvalue weighted by Gasteiger charge is -2.13. The molecule has 2 N–H and O–H groups in total. The summed E-state index contributed by atoms with van der Waals surface area (Å²) in [6.45, 7) is 3.39. The van der Waals surface area contributed by atoms with Gasteiger partial charge in [-0.25, -0.2) is 9.97 Å². The molecule has 2 heterocycles. The molecule has 0 aliphatic rings. The Morgan fingerprint density at radius 1 is 1.29 bits per heavy atom. The molecule has 0 saturated carbocycles. The Hall–Kier alpha value is -1.67. The Kier molecular flexibility index (Phi) is 5.13. The average molecular weight is 316 g/mol. The van der Waals surface area contributed by atoms with Gasteiger partial charge >= 0.3 is 6.18 Å². The molecular weight excluding hydrogens is 301 g/mol. The lowest BCUT2D eigenvalue weighted by Crippen LogP contribution is -2.23. The number of nitrogens with one attached hydrogen (secondary N) is 2. The van der Waals surface area contributed by atoms with Gasteiger partial charge in [0.05, 0.1) is 16.3 Å². The van der Waals surface area contributed by atoms with E-state index >= 15 is 0 Å². The standard InChI is InChI=1S/C13H15F3N4S/c1-9-20-10(8-21-9)7-17-5-6-19-12-11(13(14,15)16)3-2-4-18-12/h2-4,8,17H,5-7H2,1H3,(H,18,19). The van der Waals surface area contributed by atoms with Crippen molar-refractivity contribution in [1.29, 1.82) is 0 Å². The average Bonchev–Trinajstić information content (AvgIpc) is 2.83. The molecule has 0 radical (unpaired) electrons. The third kappa shape index (κ3) is 4.68. The second kappa shape index (κ2) is 6.86. The Bertz CT molecular complexity index is 583. The molecule has 0 bridgehead atoms. The van der Waals surface area contributed by atoms with Crippen molar-refractivity contribution in [2.24, 2.45) is 0 Å². The molecule has 0 aromatic carbocycles. The van der Waals surface area contributed by atoms with Crippen molar-refractivity contribution in [1.82, 2.24) is 15.3 Å². The van der Waals surface area contributed by atoms with Crippen LogP contribution in [0.2, 0.25) is 0 Å². The minimum Gasteiger partial charge on any atom is -0.368 e. The fourth-order valence-electron chi connectivity index (χ4n) is 1.75. The summed E-state index contributed by atoms with van der Waals surface area (Å²) in [5, 5.41) is 8.76. The summed E-state index contributed by atoms with van der Waals surface area (Å²) in [5.41, 5.74) is 0.187. The predicted octanol–water partition coefficient (Wildman–Crippen LogP) is 3.07. The lowest BCUT2D eigenvalue weighted by atomic mass is 10.2. The highest BCUT2D eigenvalue weighted by Crippen LogP contribution is 2.33. The molecule has 2 rings (SSSR count). The van der Waals surface area contributed by atoms with Gasteiger partial charge < -0.3 is 10.6 Å². The number of anilines is 1. The first-order valence-corrected chi connectivity index (χ1v) is 7.22. The van der Waals surface area contributed by atoms with Crippen LogP contribution in [0.25, 0.3) is 0 Å². The fourth-order valence-corrected chi connectivity index (χ4v) is 2.36. The molecule has 2 aromatic heterocycles. The summed E-state index contributed by atoms with van der Waals surface area (Å²) < 4.78 is 38.2. The zero-order valence-electron chi connectivity index (χ0n) is 11.4. The van der Waals surface area contributed by atoms with Gasteiger partial charge in [-0.05, 0) is 19.1 Å². The van der Waals surface area contributed by atoms with Gasteiger partial charge in [0.15, 0.2) is 0 Å². The molecule has 21 heavy (non-hydrogen) atoms. The van der Waals surface area contributed by atoms with Crippen molar-refractivity contribution >= 4 is 17.2 Å². The topological polar surface area (TPSA) is 49.8 Å². The van der Waals surface area contributed by atoms with Crippen LogP contribution in [0.1, 0.15) is 16.3 Å². The normalized spacial score (nSPS) is 11.6. The van der Waals surface area contributed by atoms with Gasteiger partial charge in [-0.3, -0.25) is 0 Å². The second-order valence-electron chi connectivity index (χ2n) is 4.36. The van der Waals surface area contributed by atoms with E-state index < -0.39 is 11.7 Å². The minimum atomic E-state index is -4.40. The quantitative estimate of drug-likeness (QED) is 0.804. The number of aromatic nitrogens is 2. The Balaban J connectivity index is 1.79. The number of halogens is 3. The predicted molar refractivity (Wildman–Crippen MR) is 76.3 cm³/mol. The summed E-state index contributed by atoms with van der Waals surface area (Å²) in [5.74, 6) is -0.142. The first-order chi connectivity index (χ1) is 9.97. The molecule has 0 spiro atoms. The van der Waals surface area contributed by atoms with E-state index in [0.717, 1.165) is 16.8 Å². The number of hydrogen-bond acceptors (Lipinski definition) is 5. The number of hydrogen-bond donors (Lipinski definition) is 2. The molecule has 0 fully saturated rings. The monoisotopic (exact) mass is 316 g/mol. The third-order valence-electron chi connectivity index (χ3n) is 2.68. The Morgan fingerprint density at radius 2 is 2.10 bits per heavy atom. The zero-order valence-corrected chi connectivity index (χ0v) is 12.2. The molecule has 4 nitrogen and oxygen atoms in total. The first-order valence-electron chi connectivity index (χ1n) is 6.34. The molecule has 0 amide bonds. The van der Waals surface area contributed by atoms with E-state index in [1.54, 1.807) is 11.3 Å². The van der Waals surface area contributed by atoms with Crippen LogP contribution in [0.5, 0.6) is 0 Å². The number of rotatable bonds is 6. The molecule has 0 unspecified atom stereocenters. The fraction of sp³-hybridized carbons (Fsp3) is 0.385. The van der Waals surface area contributed by atoms with Crippen molar-refractivity contribution in [2.75, 3.05) is 18.4 Å². The van der Waals surface area contributed by atoms with Gasteiger partial charge in [0.25, 0.3) is 0 Å². The maximum Gasteiger partial charge on any atom is 0.419 e. The summed E-state index contributed by atoms with van der Waals surface area (Å²) in [6.07, 6.45) is -3.06. The number of thiazole rings is 1. The van der Waals surface area contributed by atoms with E-state index in [1.807, 2.05) is 12.3 Å². The van der Waals surface area contributed by atoms with E-state index in [4.69, 9.17) is 0 Å². The highest BCUT2D eigenvalue weighted by molar-refractivity contribution is 7.09. The van der Waals surface area contributed by atoms with Crippen LogP contribution >= 0.6 is 11.3 Å². The number of pyridine rings is 1. The highest BCUT2D eigenvalue weighted by atomic mass is 32.1. The first kappa shape index (κ1) is 15.7. The highest BCUT2D eigenvalue weighted by Gasteiger charge is 2.33. The van der Waals surface area contributed by atoms with E-state index in [2.05, 4.69) is 20.6 Å². The van der Waals surface area contributed by atoms with Crippen LogP contribution in [0.4, 0.5) is 19.0 Å². The maximum atomic E-state index is 12.7. The lowest BCUT2D eigenvalue weighted by molar-refractivity contribution is -0.137.